The van der Waals surface area contributed by atoms with Crippen LogP contribution >= 0.6 is 11.3 Å². The summed E-state index contributed by atoms with van der Waals surface area (Å²) in [5.74, 6) is -0.537. The van der Waals surface area contributed by atoms with Crippen molar-refractivity contribution in [1.82, 2.24) is 9.97 Å². The van der Waals surface area contributed by atoms with Gasteiger partial charge in [-0.3, -0.25) is 10.1 Å². The molecule has 3 aromatic rings. The van der Waals surface area contributed by atoms with Crippen molar-refractivity contribution in [2.24, 2.45) is 5.16 Å². The van der Waals surface area contributed by atoms with E-state index in [9.17, 15) is 18.3 Å². The van der Waals surface area contributed by atoms with Gasteiger partial charge < -0.3 is 9.94 Å². The molecule has 172 valence electrons. The maximum Gasteiger partial charge on any atom is 0.280 e. The first-order valence-corrected chi connectivity index (χ1v) is 13.1. The fourth-order valence-corrected chi connectivity index (χ4v) is 6.18. The van der Waals surface area contributed by atoms with Crippen LogP contribution in [0.3, 0.4) is 0 Å². The summed E-state index contributed by atoms with van der Waals surface area (Å²) in [5.41, 5.74) is 1.08. The van der Waals surface area contributed by atoms with Gasteiger partial charge in [-0.15, -0.1) is 0 Å². The van der Waals surface area contributed by atoms with Gasteiger partial charge in [-0.25, -0.2) is 18.4 Å². The maximum atomic E-state index is 13.1. The lowest BCUT2D eigenvalue weighted by molar-refractivity contribution is -0.110. The number of oxime groups is 1. The molecule has 2 N–H and O–H groups in total. The third-order valence-corrected chi connectivity index (χ3v) is 8.84. The number of pyridine rings is 1. The zero-order chi connectivity index (χ0) is 23.0. The average molecular weight is 487 g/mol. The molecule has 0 unspecified atom stereocenters. The summed E-state index contributed by atoms with van der Waals surface area (Å²) in [4.78, 5) is 28.2. The SMILES string of the molecule is O=C(Nc1nc2cccnc2s1)/C(=N/O[C@@H]1CC[C@@H](O)C1)c1ccc(S(=O)(=O)C2CC2)cc1. The number of hydrogen-bond acceptors (Lipinski definition) is 9. The Morgan fingerprint density at radius 2 is 1.94 bits per heavy atom. The lowest BCUT2D eigenvalue weighted by Gasteiger charge is -2.11. The van der Waals surface area contributed by atoms with Gasteiger partial charge in [0, 0.05) is 18.2 Å². The zero-order valence-corrected chi connectivity index (χ0v) is 19.2. The predicted octanol–water partition coefficient (Wildman–Crippen LogP) is 2.90. The Hall–Kier alpha value is -2.89. The highest BCUT2D eigenvalue weighted by Gasteiger charge is 2.37. The normalized spacial score (nSPS) is 21.3. The molecule has 2 aliphatic carbocycles. The number of aromatic nitrogens is 2. The van der Waals surface area contributed by atoms with Crippen LogP contribution in [0.1, 0.15) is 37.7 Å². The third-order valence-electron chi connectivity index (χ3n) is 5.67. The number of aliphatic hydroxyl groups is 1. The summed E-state index contributed by atoms with van der Waals surface area (Å²) < 4.78 is 25.0. The van der Waals surface area contributed by atoms with Crippen LogP contribution in [0.5, 0.6) is 0 Å². The van der Waals surface area contributed by atoms with Crippen LogP contribution < -0.4 is 5.32 Å². The number of thiazole rings is 1. The molecule has 0 aliphatic heterocycles. The second-order valence-corrected chi connectivity index (χ2v) is 11.4. The molecule has 33 heavy (non-hydrogen) atoms. The van der Waals surface area contributed by atoms with Crippen LogP contribution in [0.2, 0.25) is 0 Å². The standard InChI is InChI=1S/C22H22N4O5S2/c27-14-5-6-15(12-14)31-26-19(13-3-7-16(8-4-13)33(29,30)17-9-10-17)20(28)25-22-24-18-2-1-11-23-21(18)32-22/h1-4,7-8,11,14-15,17,27H,5-6,9-10,12H2,(H,24,25,28)/b26-19+/t14-,15-/m1/s1. The van der Waals surface area contributed by atoms with E-state index in [-0.39, 0.29) is 22.0 Å². The minimum atomic E-state index is -3.34. The summed E-state index contributed by atoms with van der Waals surface area (Å²) in [6, 6.07) is 9.67. The van der Waals surface area contributed by atoms with Gasteiger partial charge in [0.2, 0.25) is 0 Å². The molecule has 11 heteroatoms. The number of anilines is 1. The molecule has 2 atom stereocenters. The van der Waals surface area contributed by atoms with Gasteiger partial charge in [0.1, 0.15) is 16.5 Å². The van der Waals surface area contributed by atoms with E-state index in [0.29, 0.717) is 53.1 Å². The Morgan fingerprint density at radius 3 is 2.61 bits per heavy atom. The first-order chi connectivity index (χ1) is 15.9. The van der Waals surface area contributed by atoms with E-state index in [2.05, 4.69) is 20.4 Å². The minimum absolute atomic E-state index is 0.000949. The van der Waals surface area contributed by atoms with Crippen molar-refractivity contribution in [2.45, 2.75) is 54.5 Å². The second-order valence-electron chi connectivity index (χ2n) is 8.20. The Morgan fingerprint density at radius 1 is 1.15 bits per heavy atom. The van der Waals surface area contributed by atoms with Gasteiger partial charge in [0.05, 0.1) is 16.2 Å². The number of amides is 1. The van der Waals surface area contributed by atoms with Crippen molar-refractivity contribution in [2.75, 3.05) is 5.32 Å². The Kier molecular flexibility index (Phi) is 5.85. The highest BCUT2D eigenvalue weighted by molar-refractivity contribution is 7.92. The molecule has 2 saturated carbocycles. The van der Waals surface area contributed by atoms with Gasteiger partial charge in [-0.1, -0.05) is 28.6 Å². The minimum Gasteiger partial charge on any atom is -0.393 e. The summed E-state index contributed by atoms with van der Waals surface area (Å²) in [6.07, 6.45) is 3.99. The van der Waals surface area contributed by atoms with Crippen molar-refractivity contribution in [3.63, 3.8) is 0 Å². The van der Waals surface area contributed by atoms with Crippen LogP contribution in [0.4, 0.5) is 5.13 Å². The number of benzene rings is 1. The van der Waals surface area contributed by atoms with Gasteiger partial charge in [-0.2, -0.15) is 0 Å². The quantitative estimate of drug-likeness (QED) is 0.388. The molecule has 0 radical (unpaired) electrons. The van der Waals surface area contributed by atoms with E-state index in [1.165, 1.54) is 23.5 Å². The predicted molar refractivity (Wildman–Crippen MR) is 124 cm³/mol. The van der Waals surface area contributed by atoms with Gasteiger partial charge in [-0.05, 0) is 49.9 Å². The molecule has 2 aliphatic rings. The van der Waals surface area contributed by atoms with Crippen molar-refractivity contribution in [3.05, 3.63) is 48.2 Å². The van der Waals surface area contributed by atoms with Crippen molar-refractivity contribution in [1.29, 1.82) is 0 Å². The molecule has 1 amide bonds. The number of carbonyl (C=O) groups is 1. The van der Waals surface area contributed by atoms with Crippen LogP contribution in [0, 0.1) is 0 Å². The molecule has 2 fully saturated rings. The summed E-state index contributed by atoms with van der Waals surface area (Å²) >= 11 is 1.24. The topological polar surface area (TPSA) is 131 Å². The number of carbonyl (C=O) groups excluding carboxylic acids is 1. The van der Waals surface area contributed by atoms with Crippen LogP contribution in [0.15, 0.2) is 52.6 Å². The smallest absolute Gasteiger partial charge is 0.280 e. The van der Waals surface area contributed by atoms with E-state index in [1.54, 1.807) is 30.5 Å². The Balaban J connectivity index is 1.41. The van der Waals surface area contributed by atoms with Crippen molar-refractivity contribution < 1.29 is 23.2 Å². The molecule has 0 spiro atoms. The number of hydrogen-bond donors (Lipinski definition) is 2. The monoisotopic (exact) mass is 486 g/mol. The summed E-state index contributed by atoms with van der Waals surface area (Å²) in [7, 11) is -3.34. The number of sulfone groups is 1. The molecular formula is C22H22N4O5S2. The van der Waals surface area contributed by atoms with E-state index in [1.807, 2.05) is 0 Å². The average Bonchev–Trinajstić information content (AvgIpc) is 3.47. The van der Waals surface area contributed by atoms with Crippen molar-refractivity contribution >= 4 is 48.3 Å². The number of nitrogens with zero attached hydrogens (tertiary/aromatic N) is 3. The lowest BCUT2D eigenvalue weighted by atomic mass is 10.1. The summed E-state index contributed by atoms with van der Waals surface area (Å²) in [6.45, 7) is 0. The molecule has 2 aromatic heterocycles. The highest BCUT2D eigenvalue weighted by Crippen LogP contribution is 2.33. The van der Waals surface area contributed by atoms with E-state index >= 15 is 0 Å². The Bertz CT molecular complexity index is 1280. The largest absolute Gasteiger partial charge is 0.393 e. The van der Waals surface area contributed by atoms with Crippen LogP contribution in [-0.2, 0) is 19.5 Å². The first-order valence-electron chi connectivity index (χ1n) is 10.7. The molecule has 1 aromatic carbocycles. The van der Waals surface area contributed by atoms with Crippen LogP contribution in [-0.4, -0.2) is 52.6 Å². The molecule has 9 nitrogen and oxygen atoms in total. The first kappa shape index (κ1) is 21.9. The lowest BCUT2D eigenvalue weighted by Crippen LogP contribution is -2.25. The molecule has 0 bridgehead atoms. The number of fused-ring (bicyclic) bond motifs is 1. The molecule has 2 heterocycles. The molecule has 5 rings (SSSR count). The third kappa shape index (κ3) is 4.75. The number of aliphatic hydroxyl groups excluding tert-OH is 1. The number of nitrogens with one attached hydrogen (secondary N) is 1. The van der Waals surface area contributed by atoms with E-state index in [0.717, 1.165) is 0 Å². The zero-order valence-electron chi connectivity index (χ0n) is 17.5. The maximum absolute atomic E-state index is 13.1. The highest BCUT2D eigenvalue weighted by atomic mass is 32.2. The van der Waals surface area contributed by atoms with Gasteiger partial charge in [0.25, 0.3) is 5.91 Å². The molecule has 0 saturated heterocycles. The van der Waals surface area contributed by atoms with Crippen LogP contribution in [0.25, 0.3) is 10.3 Å². The summed E-state index contributed by atoms with van der Waals surface area (Å²) in [5, 5.41) is 16.6. The number of rotatable bonds is 7. The van der Waals surface area contributed by atoms with E-state index in [4.69, 9.17) is 4.84 Å². The fraction of sp³-hybridized carbons (Fsp3) is 0.364. The van der Waals surface area contributed by atoms with E-state index < -0.39 is 21.8 Å². The fourth-order valence-electron chi connectivity index (χ4n) is 3.72. The Labute approximate surface area is 194 Å². The second kappa shape index (κ2) is 8.81. The molecular weight excluding hydrogens is 464 g/mol. The van der Waals surface area contributed by atoms with Crippen molar-refractivity contribution in [3.8, 4) is 0 Å². The van der Waals surface area contributed by atoms with Gasteiger partial charge >= 0.3 is 0 Å². The van der Waals surface area contributed by atoms with Gasteiger partial charge in [0.15, 0.2) is 20.7 Å².